The number of carbonyl (C=O) groups is 2. The minimum atomic E-state index is -3.70. The first-order valence-electron chi connectivity index (χ1n) is 9.11. The van der Waals surface area contributed by atoms with Gasteiger partial charge in [-0.15, -0.1) is 0 Å². The molecule has 0 aliphatic carbocycles. The van der Waals surface area contributed by atoms with Crippen molar-refractivity contribution in [2.24, 2.45) is 5.10 Å². The minimum Gasteiger partial charge on any atom is -0.465 e. The predicted molar refractivity (Wildman–Crippen MR) is 109 cm³/mol. The van der Waals surface area contributed by atoms with E-state index >= 15 is 0 Å². The number of sulfonamides is 1. The van der Waals surface area contributed by atoms with Gasteiger partial charge in [0, 0.05) is 18.7 Å². The summed E-state index contributed by atoms with van der Waals surface area (Å²) in [6.45, 7) is 1.24. The Morgan fingerprint density at radius 3 is 2.47 bits per heavy atom. The van der Waals surface area contributed by atoms with Gasteiger partial charge in [0.15, 0.2) is 0 Å². The zero-order chi connectivity index (χ0) is 21.6. The van der Waals surface area contributed by atoms with Gasteiger partial charge < -0.3 is 9.47 Å². The zero-order valence-electron chi connectivity index (χ0n) is 16.3. The van der Waals surface area contributed by atoms with Crippen molar-refractivity contribution in [2.75, 3.05) is 33.4 Å². The van der Waals surface area contributed by atoms with E-state index in [-0.39, 0.29) is 23.5 Å². The van der Waals surface area contributed by atoms with Crippen LogP contribution < -0.4 is 5.43 Å². The lowest BCUT2D eigenvalue weighted by molar-refractivity contribution is 0.0600. The smallest absolute Gasteiger partial charge is 0.337 e. The van der Waals surface area contributed by atoms with Gasteiger partial charge in [0.25, 0.3) is 5.91 Å². The number of nitrogens with zero attached hydrogens (tertiary/aromatic N) is 2. The number of methoxy groups -OCH3 is 1. The lowest BCUT2D eigenvalue weighted by Crippen LogP contribution is -2.40. The average molecular weight is 431 g/mol. The summed E-state index contributed by atoms with van der Waals surface area (Å²) in [6, 6.07) is 12.2. The van der Waals surface area contributed by atoms with E-state index in [9.17, 15) is 18.0 Å². The van der Waals surface area contributed by atoms with Gasteiger partial charge in [-0.25, -0.2) is 18.6 Å². The Kier molecular flexibility index (Phi) is 6.93. The molecule has 1 fully saturated rings. The first kappa shape index (κ1) is 21.6. The summed E-state index contributed by atoms with van der Waals surface area (Å²) in [6.07, 6.45) is 1.41. The van der Waals surface area contributed by atoms with Gasteiger partial charge in [-0.3, -0.25) is 4.79 Å². The monoisotopic (exact) mass is 431 g/mol. The molecule has 0 aromatic heterocycles. The molecule has 1 saturated heterocycles. The highest BCUT2D eigenvalue weighted by atomic mass is 32.2. The van der Waals surface area contributed by atoms with Crippen molar-refractivity contribution >= 4 is 28.1 Å². The molecule has 0 bridgehead atoms. The number of hydrogen-bond acceptors (Lipinski definition) is 7. The van der Waals surface area contributed by atoms with E-state index in [1.165, 1.54) is 41.9 Å². The second-order valence-electron chi connectivity index (χ2n) is 6.36. The van der Waals surface area contributed by atoms with Crippen LogP contribution in [0.1, 0.15) is 26.3 Å². The van der Waals surface area contributed by atoms with Crippen LogP contribution in [0.4, 0.5) is 0 Å². The highest BCUT2D eigenvalue weighted by molar-refractivity contribution is 7.89. The molecule has 0 atom stereocenters. The van der Waals surface area contributed by atoms with Gasteiger partial charge in [0.05, 0.1) is 37.0 Å². The van der Waals surface area contributed by atoms with Crippen molar-refractivity contribution in [3.05, 3.63) is 65.2 Å². The zero-order valence-corrected chi connectivity index (χ0v) is 17.1. The molecule has 158 valence electrons. The van der Waals surface area contributed by atoms with Crippen molar-refractivity contribution < 1.29 is 27.5 Å². The number of rotatable bonds is 6. The summed E-state index contributed by atoms with van der Waals surface area (Å²) in [5.74, 6) is -0.991. The molecule has 2 aromatic carbocycles. The van der Waals surface area contributed by atoms with Crippen LogP contribution in [0.15, 0.2) is 58.5 Å². The number of esters is 1. The number of nitrogens with one attached hydrogen (secondary N) is 1. The molecule has 2 aromatic rings. The number of hydrogen-bond donors (Lipinski definition) is 1. The van der Waals surface area contributed by atoms with Crippen molar-refractivity contribution in [3.63, 3.8) is 0 Å². The van der Waals surface area contributed by atoms with E-state index in [1.807, 2.05) is 0 Å². The summed E-state index contributed by atoms with van der Waals surface area (Å²) in [4.78, 5) is 23.8. The second kappa shape index (κ2) is 9.61. The molecule has 1 amide bonds. The Balaban J connectivity index is 1.66. The van der Waals surface area contributed by atoms with Gasteiger partial charge in [0.1, 0.15) is 0 Å². The summed E-state index contributed by atoms with van der Waals surface area (Å²) < 4.78 is 36.6. The maximum absolute atomic E-state index is 12.7. The van der Waals surface area contributed by atoms with Gasteiger partial charge in [0.2, 0.25) is 10.0 Å². The summed E-state index contributed by atoms with van der Waals surface area (Å²) >= 11 is 0. The number of benzene rings is 2. The van der Waals surface area contributed by atoms with Crippen molar-refractivity contribution in [1.82, 2.24) is 9.73 Å². The Morgan fingerprint density at radius 1 is 1.10 bits per heavy atom. The molecule has 9 nitrogen and oxygen atoms in total. The summed E-state index contributed by atoms with van der Waals surface area (Å²) in [5.41, 5.74) is 3.59. The van der Waals surface area contributed by atoms with E-state index in [2.05, 4.69) is 15.3 Å². The maximum atomic E-state index is 12.7. The quantitative estimate of drug-likeness (QED) is 0.418. The molecule has 1 N–H and O–H groups in total. The molecule has 0 radical (unpaired) electrons. The van der Waals surface area contributed by atoms with Gasteiger partial charge in [-0.1, -0.05) is 18.2 Å². The predicted octanol–water partition coefficient (Wildman–Crippen LogP) is 1.26. The molecular formula is C20H21N3O6S. The van der Waals surface area contributed by atoms with Crippen molar-refractivity contribution in [1.29, 1.82) is 0 Å². The van der Waals surface area contributed by atoms with Crippen molar-refractivity contribution in [3.8, 4) is 0 Å². The van der Waals surface area contributed by atoms with Crippen molar-refractivity contribution in [2.45, 2.75) is 4.90 Å². The number of morpholine rings is 1. The number of hydrazone groups is 1. The molecule has 0 saturated carbocycles. The number of ether oxygens (including phenoxy) is 2. The summed E-state index contributed by atoms with van der Waals surface area (Å²) in [7, 11) is -2.40. The molecule has 1 heterocycles. The summed E-state index contributed by atoms with van der Waals surface area (Å²) in [5, 5.41) is 3.88. The fourth-order valence-electron chi connectivity index (χ4n) is 2.79. The third-order valence-corrected chi connectivity index (χ3v) is 6.31. The number of amides is 1. The lowest BCUT2D eigenvalue weighted by atomic mass is 10.1. The molecule has 0 spiro atoms. The average Bonchev–Trinajstić information content (AvgIpc) is 2.79. The highest BCUT2D eigenvalue weighted by Gasteiger charge is 2.26. The molecular weight excluding hydrogens is 410 g/mol. The highest BCUT2D eigenvalue weighted by Crippen LogP contribution is 2.18. The molecule has 0 unspecified atom stereocenters. The Bertz CT molecular complexity index is 1040. The number of carbonyl (C=O) groups excluding carboxylic acids is 2. The topological polar surface area (TPSA) is 114 Å². The van der Waals surface area contributed by atoms with E-state index in [1.54, 1.807) is 24.3 Å². The van der Waals surface area contributed by atoms with Crippen LogP contribution in [-0.2, 0) is 19.5 Å². The lowest BCUT2D eigenvalue weighted by Gasteiger charge is -2.26. The van der Waals surface area contributed by atoms with Crippen LogP contribution >= 0.6 is 0 Å². The van der Waals surface area contributed by atoms with Gasteiger partial charge in [-0.2, -0.15) is 9.41 Å². The third-order valence-electron chi connectivity index (χ3n) is 4.42. The fraction of sp³-hybridized carbons (Fsp3) is 0.250. The first-order chi connectivity index (χ1) is 14.4. The molecule has 10 heteroatoms. The molecule has 1 aliphatic rings. The SMILES string of the molecule is COC(=O)c1ccc(/C=N/NC(=O)c2cccc(S(=O)(=O)N3CCOCC3)c2)cc1. The van der Waals surface area contributed by atoms with E-state index in [0.717, 1.165) is 0 Å². The van der Waals surface area contributed by atoms with Crippen LogP contribution in [0, 0.1) is 0 Å². The molecule has 30 heavy (non-hydrogen) atoms. The van der Waals surface area contributed by atoms with Gasteiger partial charge in [-0.05, 0) is 35.9 Å². The Morgan fingerprint density at radius 2 is 1.80 bits per heavy atom. The molecule has 1 aliphatic heterocycles. The van der Waals surface area contributed by atoms with Crippen LogP contribution in [0.25, 0.3) is 0 Å². The van der Waals surface area contributed by atoms with E-state index < -0.39 is 21.9 Å². The van der Waals surface area contributed by atoms with Crippen LogP contribution in [0.2, 0.25) is 0 Å². The second-order valence-corrected chi connectivity index (χ2v) is 8.29. The Labute approximate surface area is 174 Å². The maximum Gasteiger partial charge on any atom is 0.337 e. The minimum absolute atomic E-state index is 0.0411. The third kappa shape index (κ3) is 5.09. The van der Waals surface area contributed by atoms with Gasteiger partial charge >= 0.3 is 5.97 Å². The van der Waals surface area contributed by atoms with E-state index in [0.29, 0.717) is 24.3 Å². The largest absolute Gasteiger partial charge is 0.465 e. The van der Waals surface area contributed by atoms with E-state index in [4.69, 9.17) is 4.74 Å². The van der Waals surface area contributed by atoms with Crippen LogP contribution in [0.3, 0.4) is 0 Å². The van der Waals surface area contributed by atoms with Crippen LogP contribution in [0.5, 0.6) is 0 Å². The first-order valence-corrected chi connectivity index (χ1v) is 10.6. The standard InChI is InChI=1S/C20H21N3O6S/c1-28-20(25)16-7-5-15(6-8-16)14-21-22-19(24)17-3-2-4-18(13-17)30(26,27)23-9-11-29-12-10-23/h2-8,13-14H,9-12H2,1H3,(H,22,24)/b21-14+. The Hall–Kier alpha value is -3.08. The van der Waals surface area contributed by atoms with Crippen LogP contribution in [-0.4, -0.2) is 64.2 Å². The fourth-order valence-corrected chi connectivity index (χ4v) is 4.24. The normalized spacial score (nSPS) is 15.1. The molecule has 3 rings (SSSR count).